The van der Waals surface area contributed by atoms with Crippen molar-refractivity contribution in [3.63, 3.8) is 0 Å². The molecule has 1 rings (SSSR count). The summed E-state index contributed by atoms with van der Waals surface area (Å²) in [5, 5.41) is 19.8. The largest absolute Gasteiger partial charge is 0.494 e. The minimum Gasteiger partial charge on any atom is -0.494 e. The average Bonchev–Trinajstić information content (AvgIpc) is 1.96. The Kier molecular flexibility index (Phi) is 2.24. The maximum absolute atomic E-state index is 10.9. The van der Waals surface area contributed by atoms with Crippen molar-refractivity contribution in [1.29, 1.82) is 0 Å². The average molecular weight is 187 g/mol. The van der Waals surface area contributed by atoms with Gasteiger partial charge in [0.15, 0.2) is 4.77 Å². The molecule has 0 aliphatic rings. The Balaban J connectivity index is 3.49. The molecule has 12 heavy (non-hydrogen) atoms. The highest BCUT2D eigenvalue weighted by Crippen LogP contribution is 2.02. The Labute approximate surface area is 71.2 Å². The molecule has 0 unspecified atom stereocenters. The van der Waals surface area contributed by atoms with Crippen molar-refractivity contribution >= 4 is 18.4 Å². The lowest BCUT2D eigenvalue weighted by atomic mass is 10.3. The van der Waals surface area contributed by atoms with Crippen molar-refractivity contribution in [2.45, 2.75) is 0 Å². The Bertz CT molecular complexity index is 419. The highest BCUT2D eigenvalue weighted by atomic mass is 32.1. The normalized spacial score (nSPS) is 10.7. The van der Waals surface area contributed by atoms with Crippen LogP contribution in [0.25, 0.3) is 0 Å². The lowest BCUT2D eigenvalue weighted by molar-refractivity contribution is 0.321. The summed E-state index contributed by atoms with van der Waals surface area (Å²) in [6, 6.07) is 0. The second-order valence-corrected chi connectivity index (χ2v) is 2.32. The molecule has 6 nitrogen and oxygen atoms in total. The topological polar surface area (TPSA) is 101 Å². The number of hydrogen-bond donors (Lipinski definition) is 4. The quantitative estimate of drug-likeness (QED) is 0.214. The summed E-state index contributed by atoms with van der Waals surface area (Å²) in [6.45, 7) is 0. The van der Waals surface area contributed by atoms with E-state index in [-0.39, 0.29) is 10.3 Å². The molecule has 0 saturated carbocycles. The maximum Gasteiger partial charge on any atom is 0.264 e. The van der Waals surface area contributed by atoms with Crippen LogP contribution in [-0.2, 0) is 0 Å². The van der Waals surface area contributed by atoms with Gasteiger partial charge in [0, 0.05) is 0 Å². The molecule has 0 aliphatic heterocycles. The Hall–Kier alpha value is -1.63. The summed E-state index contributed by atoms with van der Waals surface area (Å²) in [5.41, 5.74) is -0.792. The zero-order valence-corrected chi connectivity index (χ0v) is 6.55. The van der Waals surface area contributed by atoms with Gasteiger partial charge in [-0.15, -0.1) is 0 Å². The van der Waals surface area contributed by atoms with Gasteiger partial charge in [0.05, 0.1) is 6.21 Å². The third-order valence-electron chi connectivity index (χ3n) is 1.15. The van der Waals surface area contributed by atoms with E-state index >= 15 is 0 Å². The zero-order valence-electron chi connectivity index (χ0n) is 5.74. The third kappa shape index (κ3) is 1.51. The summed E-state index contributed by atoms with van der Waals surface area (Å²) in [5.74, 6) is -0.429. The summed E-state index contributed by atoms with van der Waals surface area (Å²) >= 11 is 4.55. The number of rotatable bonds is 1. The molecule has 1 heterocycles. The van der Waals surface area contributed by atoms with Crippen molar-refractivity contribution in [1.82, 2.24) is 9.97 Å². The lowest BCUT2D eigenvalue weighted by Crippen LogP contribution is -2.13. The molecule has 0 saturated heterocycles. The van der Waals surface area contributed by atoms with Crippen LogP contribution in [0.15, 0.2) is 9.95 Å². The van der Waals surface area contributed by atoms with Gasteiger partial charge in [-0.05, 0) is 12.2 Å². The number of nitrogens with one attached hydrogen (secondary N) is 2. The first-order chi connectivity index (χ1) is 5.65. The predicted molar refractivity (Wildman–Crippen MR) is 43.3 cm³/mol. The van der Waals surface area contributed by atoms with Gasteiger partial charge in [-0.2, -0.15) is 0 Å². The molecule has 1 aromatic heterocycles. The first-order valence-corrected chi connectivity index (χ1v) is 3.29. The van der Waals surface area contributed by atoms with E-state index < -0.39 is 11.4 Å². The van der Waals surface area contributed by atoms with Crippen molar-refractivity contribution < 1.29 is 10.3 Å². The lowest BCUT2D eigenvalue weighted by Gasteiger charge is -1.94. The van der Waals surface area contributed by atoms with Gasteiger partial charge >= 0.3 is 0 Å². The Morgan fingerprint density at radius 1 is 1.50 bits per heavy atom. The number of hydrogen-bond acceptors (Lipinski definition) is 5. The van der Waals surface area contributed by atoms with Crippen molar-refractivity contribution in [3.8, 4) is 5.88 Å². The fraction of sp³-hybridized carbons (Fsp3) is 0. The van der Waals surface area contributed by atoms with Gasteiger partial charge in [0.2, 0.25) is 5.88 Å². The second kappa shape index (κ2) is 3.18. The number of H-pyrrole nitrogens is 2. The maximum atomic E-state index is 10.9. The van der Waals surface area contributed by atoms with Crippen LogP contribution < -0.4 is 5.56 Å². The number of aromatic nitrogens is 2. The number of aromatic hydroxyl groups is 1. The van der Waals surface area contributed by atoms with Gasteiger partial charge in [0.1, 0.15) is 5.56 Å². The fourth-order valence-electron chi connectivity index (χ4n) is 0.662. The number of nitrogens with zero attached hydrogens (tertiary/aromatic N) is 1. The molecule has 64 valence electrons. The molecule has 0 radical (unpaired) electrons. The molecule has 0 aromatic carbocycles. The van der Waals surface area contributed by atoms with Crippen LogP contribution in [0.5, 0.6) is 5.88 Å². The summed E-state index contributed by atoms with van der Waals surface area (Å²) in [4.78, 5) is 15.4. The molecular weight excluding hydrogens is 182 g/mol. The summed E-state index contributed by atoms with van der Waals surface area (Å²) in [7, 11) is 0. The molecule has 0 atom stereocenters. The number of aromatic amines is 2. The van der Waals surface area contributed by atoms with E-state index in [0.29, 0.717) is 0 Å². The fourth-order valence-corrected chi connectivity index (χ4v) is 0.851. The van der Waals surface area contributed by atoms with E-state index in [9.17, 15) is 4.79 Å². The molecular formula is C5H5N3O3S. The van der Waals surface area contributed by atoms with Crippen LogP contribution in [0.4, 0.5) is 0 Å². The molecule has 0 fully saturated rings. The smallest absolute Gasteiger partial charge is 0.264 e. The third-order valence-corrected chi connectivity index (χ3v) is 1.35. The minimum absolute atomic E-state index is 0.00703. The van der Waals surface area contributed by atoms with Gasteiger partial charge in [0.25, 0.3) is 5.56 Å². The predicted octanol–water partition coefficient (Wildman–Crippen LogP) is -0.0538. The molecule has 7 heteroatoms. The molecule has 0 bridgehead atoms. The molecule has 4 N–H and O–H groups in total. The standard InChI is InChI=1S/C5H5N3O3S/c9-3-2(1-6-11)4(10)8-5(12)7-3/h1,11H,(H3,7,8,9,10,12)/b6-1+. The second-order valence-electron chi connectivity index (χ2n) is 1.92. The van der Waals surface area contributed by atoms with Crippen molar-refractivity contribution in [2.75, 3.05) is 0 Å². The van der Waals surface area contributed by atoms with Crippen LogP contribution in [0, 0.1) is 4.77 Å². The number of oxime groups is 1. The summed E-state index contributed by atoms with van der Waals surface area (Å²) in [6.07, 6.45) is 0.805. The van der Waals surface area contributed by atoms with Crippen LogP contribution in [0.3, 0.4) is 0 Å². The van der Waals surface area contributed by atoms with Crippen molar-refractivity contribution in [2.24, 2.45) is 5.16 Å². The van der Waals surface area contributed by atoms with Crippen molar-refractivity contribution in [3.05, 3.63) is 20.7 Å². The molecule has 1 aromatic rings. The Morgan fingerprint density at radius 3 is 2.67 bits per heavy atom. The highest BCUT2D eigenvalue weighted by Gasteiger charge is 2.03. The SMILES string of the molecule is O=c1[nH]c(=S)[nH]c(O)c1/C=N/O. The highest BCUT2D eigenvalue weighted by molar-refractivity contribution is 7.71. The van der Waals surface area contributed by atoms with Gasteiger partial charge in [-0.1, -0.05) is 5.16 Å². The van der Waals surface area contributed by atoms with Crippen LogP contribution in [0.1, 0.15) is 5.56 Å². The first kappa shape index (κ1) is 8.47. The van der Waals surface area contributed by atoms with Crippen LogP contribution in [-0.4, -0.2) is 26.5 Å². The van der Waals surface area contributed by atoms with E-state index in [4.69, 9.17) is 10.3 Å². The first-order valence-electron chi connectivity index (χ1n) is 2.88. The molecule has 0 amide bonds. The Morgan fingerprint density at radius 2 is 2.17 bits per heavy atom. The van der Waals surface area contributed by atoms with E-state index in [1.165, 1.54) is 0 Å². The van der Waals surface area contributed by atoms with Crippen LogP contribution >= 0.6 is 12.2 Å². The molecule has 0 aliphatic carbocycles. The van der Waals surface area contributed by atoms with E-state index in [0.717, 1.165) is 6.21 Å². The van der Waals surface area contributed by atoms with E-state index in [1.54, 1.807) is 0 Å². The van der Waals surface area contributed by atoms with Gasteiger partial charge in [-0.3, -0.25) is 9.78 Å². The van der Waals surface area contributed by atoms with Gasteiger partial charge < -0.3 is 15.3 Å². The van der Waals surface area contributed by atoms with E-state index in [2.05, 4.69) is 27.3 Å². The minimum atomic E-state index is -0.617. The molecule has 0 spiro atoms. The monoisotopic (exact) mass is 187 g/mol. The summed E-state index contributed by atoms with van der Waals surface area (Å²) < 4.78 is 0.00703. The van der Waals surface area contributed by atoms with Gasteiger partial charge in [-0.25, -0.2) is 0 Å². The zero-order chi connectivity index (χ0) is 9.14. The van der Waals surface area contributed by atoms with E-state index in [1.807, 2.05) is 0 Å². The van der Waals surface area contributed by atoms with Crippen LogP contribution in [0.2, 0.25) is 0 Å².